The van der Waals surface area contributed by atoms with Gasteiger partial charge in [0, 0.05) is 31.4 Å². The van der Waals surface area contributed by atoms with Gasteiger partial charge in [-0.25, -0.2) is 8.42 Å². The van der Waals surface area contributed by atoms with Crippen molar-refractivity contribution in [2.45, 2.75) is 19.8 Å². The first kappa shape index (κ1) is 17.5. The second-order valence-electron chi connectivity index (χ2n) is 4.57. The van der Waals surface area contributed by atoms with E-state index < -0.39 is 10.0 Å². The number of ether oxygens (including phenoxy) is 1. The number of aliphatic hydroxyl groups excluding tert-OH is 1. The third-order valence-electron chi connectivity index (χ3n) is 2.73. The molecule has 2 N–H and O–H groups in total. The average molecular weight is 311 g/mol. The third-order valence-corrected chi connectivity index (χ3v) is 4.11. The van der Waals surface area contributed by atoms with Gasteiger partial charge in [-0.1, -0.05) is 17.9 Å². The molecule has 0 bridgehead atoms. The number of nitrogens with one attached hydrogen (secondary N) is 1. The SMILES string of the molecule is COCCCS(=O)(=O)Nc1ccc(C)c(C#CCCO)c1. The van der Waals surface area contributed by atoms with Crippen molar-refractivity contribution in [2.24, 2.45) is 0 Å². The number of hydrogen-bond donors (Lipinski definition) is 2. The zero-order valence-corrected chi connectivity index (χ0v) is 13.2. The van der Waals surface area contributed by atoms with E-state index in [0.717, 1.165) is 11.1 Å². The van der Waals surface area contributed by atoms with Gasteiger partial charge in [0.25, 0.3) is 0 Å². The van der Waals surface area contributed by atoms with Crippen LogP contribution in [0.1, 0.15) is 24.0 Å². The number of aryl methyl sites for hydroxylation is 1. The van der Waals surface area contributed by atoms with Gasteiger partial charge >= 0.3 is 0 Å². The first-order valence-electron chi connectivity index (χ1n) is 6.68. The highest BCUT2D eigenvalue weighted by Gasteiger charge is 2.10. The Morgan fingerprint density at radius 2 is 2.14 bits per heavy atom. The number of methoxy groups -OCH3 is 1. The van der Waals surface area contributed by atoms with Gasteiger partial charge in [0.05, 0.1) is 12.4 Å². The minimum atomic E-state index is -3.38. The summed E-state index contributed by atoms with van der Waals surface area (Å²) in [4.78, 5) is 0. The number of hydrogen-bond acceptors (Lipinski definition) is 4. The molecule has 0 aliphatic rings. The summed E-state index contributed by atoms with van der Waals surface area (Å²) in [7, 11) is -1.84. The molecule has 1 aromatic rings. The Labute approximate surface area is 126 Å². The van der Waals surface area contributed by atoms with Gasteiger partial charge in [-0.3, -0.25) is 4.72 Å². The molecule has 21 heavy (non-hydrogen) atoms. The van der Waals surface area contributed by atoms with Crippen LogP contribution in [0.25, 0.3) is 0 Å². The van der Waals surface area contributed by atoms with Gasteiger partial charge in [0.2, 0.25) is 10.0 Å². The predicted molar refractivity (Wildman–Crippen MR) is 83.7 cm³/mol. The van der Waals surface area contributed by atoms with Gasteiger partial charge < -0.3 is 9.84 Å². The fraction of sp³-hybridized carbons (Fsp3) is 0.467. The second kappa shape index (κ2) is 8.67. The zero-order valence-electron chi connectivity index (χ0n) is 12.3. The van der Waals surface area contributed by atoms with Gasteiger partial charge in [0.15, 0.2) is 0 Å². The molecule has 0 atom stereocenters. The molecule has 0 saturated heterocycles. The monoisotopic (exact) mass is 311 g/mol. The maximum atomic E-state index is 11.9. The summed E-state index contributed by atoms with van der Waals surface area (Å²) >= 11 is 0. The Morgan fingerprint density at radius 3 is 2.81 bits per heavy atom. The van der Waals surface area contributed by atoms with Gasteiger partial charge in [-0.05, 0) is 31.0 Å². The normalized spacial score (nSPS) is 10.8. The van der Waals surface area contributed by atoms with E-state index in [2.05, 4.69) is 16.6 Å². The number of sulfonamides is 1. The summed E-state index contributed by atoms with van der Waals surface area (Å²) in [6.07, 6.45) is 0.841. The lowest BCUT2D eigenvalue weighted by Gasteiger charge is -2.09. The maximum Gasteiger partial charge on any atom is 0.232 e. The molecule has 0 aliphatic heterocycles. The van der Waals surface area contributed by atoms with Crippen LogP contribution in [-0.2, 0) is 14.8 Å². The van der Waals surface area contributed by atoms with Gasteiger partial charge in [-0.2, -0.15) is 0 Å². The highest BCUT2D eigenvalue weighted by molar-refractivity contribution is 7.92. The molecule has 0 saturated carbocycles. The van der Waals surface area contributed by atoms with Crippen molar-refractivity contribution in [3.05, 3.63) is 29.3 Å². The number of rotatable bonds is 7. The van der Waals surface area contributed by atoms with Crippen LogP contribution in [0.4, 0.5) is 5.69 Å². The van der Waals surface area contributed by atoms with E-state index in [0.29, 0.717) is 25.1 Å². The fourth-order valence-electron chi connectivity index (χ4n) is 1.66. The first-order chi connectivity index (χ1) is 9.98. The van der Waals surface area contributed by atoms with Gasteiger partial charge in [-0.15, -0.1) is 0 Å². The molecule has 116 valence electrons. The zero-order chi connectivity index (χ0) is 15.7. The lowest BCUT2D eigenvalue weighted by atomic mass is 10.1. The molecule has 6 heteroatoms. The minimum Gasteiger partial charge on any atom is -0.395 e. The summed E-state index contributed by atoms with van der Waals surface area (Å²) in [6, 6.07) is 5.23. The number of anilines is 1. The molecule has 1 aromatic carbocycles. The van der Waals surface area contributed by atoms with Crippen LogP contribution in [0.15, 0.2) is 18.2 Å². The summed E-state index contributed by atoms with van der Waals surface area (Å²) in [6.45, 7) is 2.32. The van der Waals surface area contributed by atoms with E-state index in [1.54, 1.807) is 12.1 Å². The quantitative estimate of drug-likeness (QED) is 0.591. The smallest absolute Gasteiger partial charge is 0.232 e. The fourth-order valence-corrected chi connectivity index (χ4v) is 2.74. The lowest BCUT2D eigenvalue weighted by molar-refractivity contribution is 0.199. The molecule has 0 spiro atoms. The topological polar surface area (TPSA) is 75.6 Å². The Hall–Kier alpha value is -1.55. The number of aliphatic hydroxyl groups is 1. The third kappa shape index (κ3) is 6.63. The summed E-state index contributed by atoms with van der Waals surface area (Å²) in [5, 5.41) is 8.72. The van der Waals surface area contributed by atoms with Crippen molar-refractivity contribution in [2.75, 3.05) is 30.8 Å². The Balaban J connectivity index is 2.81. The maximum absolute atomic E-state index is 11.9. The molecular formula is C15H21NO4S. The van der Waals surface area contributed by atoms with Crippen LogP contribution < -0.4 is 4.72 Å². The number of benzene rings is 1. The van der Waals surface area contributed by atoms with E-state index in [1.165, 1.54) is 7.11 Å². The second-order valence-corrected chi connectivity index (χ2v) is 6.41. The summed E-state index contributed by atoms with van der Waals surface area (Å²) in [5.74, 6) is 5.77. The van der Waals surface area contributed by atoms with Crippen molar-refractivity contribution in [1.82, 2.24) is 0 Å². The molecule has 1 rings (SSSR count). The Bertz CT molecular complexity index is 614. The van der Waals surface area contributed by atoms with Crippen molar-refractivity contribution in [3.8, 4) is 11.8 Å². The van der Waals surface area contributed by atoms with Crippen LogP contribution in [0.3, 0.4) is 0 Å². The Kier molecular flexibility index (Phi) is 7.23. The van der Waals surface area contributed by atoms with Crippen molar-refractivity contribution in [3.63, 3.8) is 0 Å². The van der Waals surface area contributed by atoms with Crippen LogP contribution in [0, 0.1) is 18.8 Å². The molecule has 5 nitrogen and oxygen atoms in total. The van der Waals surface area contributed by atoms with E-state index in [4.69, 9.17) is 9.84 Å². The van der Waals surface area contributed by atoms with Crippen LogP contribution in [0.5, 0.6) is 0 Å². The molecule has 0 aliphatic carbocycles. The molecule has 0 heterocycles. The van der Waals surface area contributed by atoms with Crippen LogP contribution in [-0.4, -0.2) is 39.6 Å². The predicted octanol–water partition coefficient (Wildman–Crippen LogP) is 1.51. The highest BCUT2D eigenvalue weighted by atomic mass is 32.2. The molecular weight excluding hydrogens is 290 g/mol. The standard InChI is InChI=1S/C15H21NO4S/c1-13-7-8-15(12-14(13)6-3-4-9-17)16-21(18,19)11-5-10-20-2/h7-8,12,16-17H,4-5,9-11H2,1-2H3. The summed E-state index contributed by atoms with van der Waals surface area (Å²) in [5.41, 5.74) is 2.20. The average Bonchev–Trinajstić information content (AvgIpc) is 2.42. The van der Waals surface area contributed by atoms with E-state index in [1.807, 2.05) is 13.0 Å². The van der Waals surface area contributed by atoms with E-state index in [9.17, 15) is 8.42 Å². The highest BCUT2D eigenvalue weighted by Crippen LogP contribution is 2.16. The summed E-state index contributed by atoms with van der Waals surface area (Å²) < 4.78 is 31.2. The van der Waals surface area contributed by atoms with Crippen molar-refractivity contribution in [1.29, 1.82) is 0 Å². The van der Waals surface area contributed by atoms with E-state index in [-0.39, 0.29) is 12.4 Å². The van der Waals surface area contributed by atoms with Crippen LogP contribution in [0.2, 0.25) is 0 Å². The van der Waals surface area contributed by atoms with Gasteiger partial charge in [0.1, 0.15) is 0 Å². The largest absolute Gasteiger partial charge is 0.395 e. The molecule has 0 radical (unpaired) electrons. The first-order valence-corrected chi connectivity index (χ1v) is 8.33. The molecule has 0 amide bonds. The minimum absolute atomic E-state index is 0.0118. The Morgan fingerprint density at radius 1 is 1.38 bits per heavy atom. The lowest BCUT2D eigenvalue weighted by Crippen LogP contribution is -2.17. The van der Waals surface area contributed by atoms with E-state index >= 15 is 0 Å². The molecule has 0 unspecified atom stereocenters. The van der Waals surface area contributed by atoms with Crippen LogP contribution >= 0.6 is 0 Å². The van der Waals surface area contributed by atoms with Crippen molar-refractivity contribution < 1.29 is 18.3 Å². The van der Waals surface area contributed by atoms with Crippen molar-refractivity contribution >= 4 is 15.7 Å². The molecule has 0 aromatic heterocycles. The molecule has 0 fully saturated rings.